The molecule has 0 spiro atoms. The Morgan fingerprint density at radius 1 is 1.00 bits per heavy atom. The summed E-state index contributed by atoms with van der Waals surface area (Å²) in [6, 6.07) is 13.8. The van der Waals surface area contributed by atoms with Crippen molar-refractivity contribution in [2.75, 3.05) is 13.1 Å². The van der Waals surface area contributed by atoms with Gasteiger partial charge in [-0.2, -0.15) is 0 Å². The molecule has 0 saturated carbocycles. The lowest BCUT2D eigenvalue weighted by molar-refractivity contribution is -0.120. The first-order valence-corrected chi connectivity index (χ1v) is 11.7. The van der Waals surface area contributed by atoms with Gasteiger partial charge in [0.1, 0.15) is 18.1 Å². The van der Waals surface area contributed by atoms with Crippen LogP contribution in [0.2, 0.25) is 0 Å². The van der Waals surface area contributed by atoms with Crippen molar-refractivity contribution in [1.29, 1.82) is 0 Å². The van der Waals surface area contributed by atoms with Crippen LogP contribution in [0.1, 0.15) is 28.1 Å². The first-order chi connectivity index (χ1) is 15.2. The Kier molecular flexibility index (Phi) is 7.66. The van der Waals surface area contributed by atoms with Gasteiger partial charge in [-0.15, -0.1) is 0 Å². The number of aryl methyl sites for hydroxylation is 3. The molecule has 2 N–H and O–H groups in total. The standard InChI is InChI=1S/C23H27N3O5S/c1-16-4-10-21(11-5-16)32(28,29)25-13-12-24-23(27)14-19-6-8-20(9-7-19)30-15-22-17(2)26-31-18(22)3/h4-11,25H,12-15H2,1-3H3,(H,24,27). The molecule has 0 saturated heterocycles. The van der Waals surface area contributed by atoms with Gasteiger partial charge in [0.05, 0.1) is 22.6 Å². The summed E-state index contributed by atoms with van der Waals surface area (Å²) in [7, 11) is -3.59. The minimum atomic E-state index is -3.59. The van der Waals surface area contributed by atoms with Crippen molar-refractivity contribution < 1.29 is 22.5 Å². The highest BCUT2D eigenvalue weighted by molar-refractivity contribution is 7.89. The molecule has 3 aromatic rings. The van der Waals surface area contributed by atoms with E-state index in [1.807, 2.05) is 32.9 Å². The Morgan fingerprint density at radius 2 is 1.69 bits per heavy atom. The summed E-state index contributed by atoms with van der Waals surface area (Å²) in [4.78, 5) is 12.3. The summed E-state index contributed by atoms with van der Waals surface area (Å²) < 4.78 is 37.8. The molecule has 32 heavy (non-hydrogen) atoms. The fraction of sp³-hybridized carbons (Fsp3) is 0.304. The van der Waals surface area contributed by atoms with Gasteiger partial charge in [0.2, 0.25) is 15.9 Å². The largest absolute Gasteiger partial charge is 0.489 e. The van der Waals surface area contributed by atoms with Gasteiger partial charge in [-0.25, -0.2) is 13.1 Å². The molecular weight excluding hydrogens is 430 g/mol. The van der Waals surface area contributed by atoms with Crippen molar-refractivity contribution in [3.8, 4) is 5.75 Å². The number of carbonyl (C=O) groups is 1. The third kappa shape index (κ3) is 6.41. The van der Waals surface area contributed by atoms with Gasteiger partial charge < -0.3 is 14.6 Å². The molecule has 0 fully saturated rings. The van der Waals surface area contributed by atoms with Gasteiger partial charge in [-0.3, -0.25) is 4.79 Å². The molecule has 0 bridgehead atoms. The van der Waals surface area contributed by atoms with Crippen LogP contribution >= 0.6 is 0 Å². The van der Waals surface area contributed by atoms with E-state index in [0.29, 0.717) is 12.4 Å². The molecule has 0 aliphatic heterocycles. The van der Waals surface area contributed by atoms with E-state index in [1.54, 1.807) is 36.4 Å². The van der Waals surface area contributed by atoms with Crippen LogP contribution in [-0.2, 0) is 27.8 Å². The summed E-state index contributed by atoms with van der Waals surface area (Å²) in [5.74, 6) is 1.22. The number of amides is 1. The normalized spacial score (nSPS) is 11.3. The molecule has 0 aliphatic rings. The molecule has 2 aromatic carbocycles. The number of rotatable bonds is 10. The molecule has 1 heterocycles. The predicted molar refractivity (Wildman–Crippen MR) is 120 cm³/mol. The van der Waals surface area contributed by atoms with E-state index >= 15 is 0 Å². The predicted octanol–water partition coefficient (Wildman–Crippen LogP) is 2.82. The molecular formula is C23H27N3O5S. The van der Waals surface area contributed by atoms with Crippen LogP contribution in [0.5, 0.6) is 5.75 Å². The van der Waals surface area contributed by atoms with Gasteiger partial charge in [-0.1, -0.05) is 35.0 Å². The molecule has 0 atom stereocenters. The van der Waals surface area contributed by atoms with Gasteiger partial charge >= 0.3 is 0 Å². The Balaban J connectivity index is 1.40. The molecule has 170 valence electrons. The van der Waals surface area contributed by atoms with Crippen LogP contribution < -0.4 is 14.8 Å². The quantitative estimate of drug-likeness (QED) is 0.453. The van der Waals surface area contributed by atoms with Crippen LogP contribution in [0.3, 0.4) is 0 Å². The molecule has 0 aliphatic carbocycles. The first-order valence-electron chi connectivity index (χ1n) is 10.2. The summed E-state index contributed by atoms with van der Waals surface area (Å²) in [6.45, 7) is 6.26. The van der Waals surface area contributed by atoms with Crippen LogP contribution in [0.25, 0.3) is 0 Å². The van der Waals surface area contributed by atoms with Crippen molar-refractivity contribution in [3.05, 3.63) is 76.7 Å². The number of aromatic nitrogens is 1. The monoisotopic (exact) mass is 457 g/mol. The smallest absolute Gasteiger partial charge is 0.240 e. The highest BCUT2D eigenvalue weighted by atomic mass is 32.2. The molecule has 0 unspecified atom stereocenters. The summed E-state index contributed by atoms with van der Waals surface area (Å²) in [5, 5.41) is 6.62. The van der Waals surface area contributed by atoms with Gasteiger partial charge in [-0.05, 0) is 50.6 Å². The van der Waals surface area contributed by atoms with Crippen molar-refractivity contribution in [3.63, 3.8) is 0 Å². The first kappa shape index (κ1) is 23.5. The maximum absolute atomic E-state index is 12.2. The van der Waals surface area contributed by atoms with Crippen LogP contribution in [0, 0.1) is 20.8 Å². The maximum atomic E-state index is 12.2. The zero-order valence-electron chi connectivity index (χ0n) is 18.3. The number of carbonyl (C=O) groups excluding carboxylic acids is 1. The number of ether oxygens (including phenoxy) is 1. The minimum absolute atomic E-state index is 0.108. The highest BCUT2D eigenvalue weighted by Gasteiger charge is 2.13. The number of hydrogen-bond acceptors (Lipinski definition) is 6. The van der Waals surface area contributed by atoms with E-state index in [0.717, 1.165) is 28.1 Å². The van der Waals surface area contributed by atoms with Crippen molar-refractivity contribution in [1.82, 2.24) is 15.2 Å². The second-order valence-electron chi connectivity index (χ2n) is 7.47. The lowest BCUT2D eigenvalue weighted by Gasteiger charge is -2.09. The third-order valence-electron chi connectivity index (χ3n) is 4.92. The van der Waals surface area contributed by atoms with E-state index in [9.17, 15) is 13.2 Å². The molecule has 1 amide bonds. The van der Waals surface area contributed by atoms with E-state index in [1.165, 1.54) is 0 Å². The number of sulfonamides is 1. The van der Waals surface area contributed by atoms with Gasteiger partial charge in [0.15, 0.2) is 0 Å². The van der Waals surface area contributed by atoms with Crippen molar-refractivity contribution >= 4 is 15.9 Å². The Labute approximate surface area is 188 Å². The molecule has 8 nitrogen and oxygen atoms in total. The van der Waals surface area contributed by atoms with E-state index in [-0.39, 0.29) is 30.3 Å². The molecule has 0 radical (unpaired) electrons. The SMILES string of the molecule is Cc1ccc(S(=O)(=O)NCCNC(=O)Cc2ccc(OCc3c(C)noc3C)cc2)cc1. The lowest BCUT2D eigenvalue weighted by Crippen LogP contribution is -2.35. The fourth-order valence-electron chi connectivity index (χ4n) is 3.00. The minimum Gasteiger partial charge on any atom is -0.489 e. The maximum Gasteiger partial charge on any atom is 0.240 e. The summed E-state index contributed by atoms with van der Waals surface area (Å²) >= 11 is 0. The number of nitrogens with zero attached hydrogens (tertiary/aromatic N) is 1. The fourth-order valence-corrected chi connectivity index (χ4v) is 4.03. The number of benzene rings is 2. The molecule has 1 aromatic heterocycles. The second kappa shape index (κ2) is 10.4. The zero-order valence-corrected chi connectivity index (χ0v) is 19.2. The van der Waals surface area contributed by atoms with E-state index < -0.39 is 10.0 Å². The molecule has 9 heteroatoms. The Hall–Kier alpha value is -3.17. The summed E-state index contributed by atoms with van der Waals surface area (Å²) in [5.41, 5.74) is 3.53. The van der Waals surface area contributed by atoms with Gasteiger partial charge in [0, 0.05) is 13.1 Å². The lowest BCUT2D eigenvalue weighted by atomic mass is 10.1. The van der Waals surface area contributed by atoms with Gasteiger partial charge in [0.25, 0.3) is 0 Å². The average molecular weight is 458 g/mol. The van der Waals surface area contributed by atoms with Crippen LogP contribution in [-0.4, -0.2) is 32.6 Å². The van der Waals surface area contributed by atoms with Crippen LogP contribution in [0.15, 0.2) is 57.9 Å². The third-order valence-corrected chi connectivity index (χ3v) is 6.40. The summed E-state index contributed by atoms with van der Waals surface area (Å²) in [6.07, 6.45) is 0.189. The van der Waals surface area contributed by atoms with Crippen molar-refractivity contribution in [2.24, 2.45) is 0 Å². The van der Waals surface area contributed by atoms with Crippen LogP contribution in [0.4, 0.5) is 0 Å². The van der Waals surface area contributed by atoms with E-state index in [4.69, 9.17) is 9.26 Å². The average Bonchev–Trinajstić information content (AvgIpc) is 3.08. The number of nitrogens with one attached hydrogen (secondary N) is 2. The molecule has 3 rings (SSSR count). The van der Waals surface area contributed by atoms with Crippen molar-refractivity contribution in [2.45, 2.75) is 38.7 Å². The topological polar surface area (TPSA) is 111 Å². The Morgan fingerprint density at radius 3 is 2.31 bits per heavy atom. The second-order valence-corrected chi connectivity index (χ2v) is 9.24. The zero-order chi connectivity index (χ0) is 23.1. The number of hydrogen-bond donors (Lipinski definition) is 2. The Bertz CT molecular complexity index is 1130. The van der Waals surface area contributed by atoms with E-state index in [2.05, 4.69) is 15.2 Å². The highest BCUT2D eigenvalue weighted by Crippen LogP contribution is 2.18.